The van der Waals surface area contributed by atoms with Gasteiger partial charge in [-0.05, 0) is 38.5 Å². The quantitative estimate of drug-likeness (QED) is 0.870. The Morgan fingerprint density at radius 2 is 2.05 bits per heavy atom. The number of thiazole rings is 1. The highest BCUT2D eigenvalue weighted by Gasteiger charge is 2.41. The van der Waals surface area contributed by atoms with Crippen molar-refractivity contribution >= 4 is 28.3 Å². The third kappa shape index (κ3) is 2.76. The number of hydrogen-bond acceptors (Lipinski definition) is 4. The average Bonchev–Trinajstić information content (AvgIpc) is 3.21. The molecule has 1 atom stereocenters. The average molecular weight is 319 g/mol. The van der Waals surface area contributed by atoms with Gasteiger partial charge in [-0.15, -0.1) is 11.3 Å². The normalized spacial score (nSPS) is 25.0. The summed E-state index contributed by atoms with van der Waals surface area (Å²) in [6.07, 6.45) is 8.34. The molecule has 4 rings (SSSR count). The smallest absolute Gasteiger partial charge is 0.231 e. The van der Waals surface area contributed by atoms with E-state index in [2.05, 4.69) is 10.3 Å². The molecule has 1 saturated heterocycles. The SMILES string of the molecule is O=C(Nc1nc2c(s1)CCCCC2)[C@H]1CC(=O)N(C2CC2)C1. The standard InChI is InChI=1S/C16H21N3O2S/c20-14-8-10(9-19(14)11-6-7-11)15(21)18-16-17-12-4-2-1-3-5-13(12)22-16/h10-11H,1-9H2,(H,17,18,21)/t10-/m0/s1. The van der Waals surface area contributed by atoms with E-state index in [1.165, 1.54) is 29.8 Å². The Hall–Kier alpha value is -1.43. The van der Waals surface area contributed by atoms with Crippen LogP contribution in [0.15, 0.2) is 0 Å². The summed E-state index contributed by atoms with van der Waals surface area (Å²) < 4.78 is 0. The van der Waals surface area contributed by atoms with Gasteiger partial charge in [-0.2, -0.15) is 0 Å². The molecule has 118 valence electrons. The Balaban J connectivity index is 1.41. The van der Waals surface area contributed by atoms with E-state index < -0.39 is 0 Å². The minimum Gasteiger partial charge on any atom is -0.339 e. The second kappa shape index (κ2) is 5.65. The highest BCUT2D eigenvalue weighted by molar-refractivity contribution is 7.15. The van der Waals surface area contributed by atoms with Crippen LogP contribution in [-0.2, 0) is 22.4 Å². The number of nitrogens with zero attached hydrogens (tertiary/aromatic N) is 2. The molecule has 0 bridgehead atoms. The maximum Gasteiger partial charge on any atom is 0.231 e. The van der Waals surface area contributed by atoms with Gasteiger partial charge in [-0.3, -0.25) is 9.59 Å². The first-order valence-corrected chi connectivity index (χ1v) is 9.11. The van der Waals surface area contributed by atoms with Crippen molar-refractivity contribution in [2.45, 2.75) is 57.4 Å². The van der Waals surface area contributed by atoms with Crippen molar-refractivity contribution in [3.63, 3.8) is 0 Å². The van der Waals surface area contributed by atoms with Crippen molar-refractivity contribution in [3.8, 4) is 0 Å². The predicted molar refractivity (Wildman–Crippen MR) is 84.8 cm³/mol. The van der Waals surface area contributed by atoms with Gasteiger partial charge in [0.2, 0.25) is 11.8 Å². The van der Waals surface area contributed by atoms with Gasteiger partial charge in [0.1, 0.15) is 0 Å². The van der Waals surface area contributed by atoms with Crippen LogP contribution >= 0.6 is 11.3 Å². The number of nitrogens with one attached hydrogen (secondary N) is 1. The van der Waals surface area contributed by atoms with Crippen molar-refractivity contribution < 1.29 is 9.59 Å². The Labute approximate surface area is 134 Å². The molecular weight excluding hydrogens is 298 g/mol. The molecule has 5 nitrogen and oxygen atoms in total. The summed E-state index contributed by atoms with van der Waals surface area (Å²) in [4.78, 5) is 32.2. The van der Waals surface area contributed by atoms with Crippen LogP contribution in [0, 0.1) is 5.92 Å². The molecule has 0 aromatic carbocycles. The summed E-state index contributed by atoms with van der Waals surface area (Å²) in [6.45, 7) is 0.584. The second-order valence-corrected chi connectivity index (χ2v) is 7.70. The van der Waals surface area contributed by atoms with E-state index in [-0.39, 0.29) is 17.7 Å². The minimum atomic E-state index is -0.211. The Kier molecular flexibility index (Phi) is 3.64. The molecule has 0 spiro atoms. The van der Waals surface area contributed by atoms with E-state index in [9.17, 15) is 9.59 Å². The number of fused-ring (bicyclic) bond motifs is 1. The van der Waals surface area contributed by atoms with Crippen LogP contribution in [-0.4, -0.2) is 34.3 Å². The molecule has 6 heteroatoms. The van der Waals surface area contributed by atoms with Gasteiger partial charge in [0.05, 0.1) is 11.6 Å². The number of carbonyl (C=O) groups is 2. The van der Waals surface area contributed by atoms with Crippen molar-refractivity contribution in [2.75, 3.05) is 11.9 Å². The summed E-state index contributed by atoms with van der Waals surface area (Å²) >= 11 is 1.61. The van der Waals surface area contributed by atoms with E-state index in [4.69, 9.17) is 0 Å². The van der Waals surface area contributed by atoms with Gasteiger partial charge in [0, 0.05) is 23.9 Å². The predicted octanol–water partition coefficient (Wildman–Crippen LogP) is 2.36. The Morgan fingerprint density at radius 1 is 1.23 bits per heavy atom. The number of carbonyl (C=O) groups excluding carboxylic acids is 2. The molecule has 1 aromatic rings. The van der Waals surface area contributed by atoms with E-state index in [0.717, 1.165) is 25.7 Å². The number of hydrogen-bond donors (Lipinski definition) is 1. The van der Waals surface area contributed by atoms with Gasteiger partial charge in [-0.1, -0.05) is 6.42 Å². The summed E-state index contributed by atoms with van der Waals surface area (Å²) in [6, 6.07) is 0.404. The number of aryl methyl sites for hydroxylation is 2. The van der Waals surface area contributed by atoms with E-state index in [1.807, 2.05) is 4.90 Å². The molecule has 0 unspecified atom stereocenters. The zero-order chi connectivity index (χ0) is 15.1. The zero-order valence-electron chi connectivity index (χ0n) is 12.6. The van der Waals surface area contributed by atoms with Crippen LogP contribution in [0.5, 0.6) is 0 Å². The third-order valence-electron chi connectivity index (χ3n) is 4.84. The fraction of sp³-hybridized carbons (Fsp3) is 0.688. The van der Waals surface area contributed by atoms with Crippen LogP contribution < -0.4 is 5.32 Å². The highest BCUT2D eigenvalue weighted by atomic mass is 32.1. The van der Waals surface area contributed by atoms with Gasteiger partial charge >= 0.3 is 0 Å². The largest absolute Gasteiger partial charge is 0.339 e. The van der Waals surface area contributed by atoms with Crippen LogP contribution in [0.1, 0.15) is 49.1 Å². The lowest BCUT2D eigenvalue weighted by molar-refractivity contribution is -0.128. The molecule has 3 aliphatic rings. The lowest BCUT2D eigenvalue weighted by Crippen LogP contribution is -2.29. The summed E-state index contributed by atoms with van der Waals surface area (Å²) in [5, 5.41) is 3.67. The number of rotatable bonds is 3. The number of likely N-dealkylation sites (tertiary alicyclic amines) is 1. The Morgan fingerprint density at radius 3 is 2.86 bits per heavy atom. The molecule has 2 aliphatic carbocycles. The molecule has 1 aromatic heterocycles. The summed E-state index contributed by atoms with van der Waals surface area (Å²) in [5.74, 6) is -0.116. The van der Waals surface area contributed by atoms with Gasteiger partial charge in [0.15, 0.2) is 5.13 Å². The third-order valence-corrected chi connectivity index (χ3v) is 5.92. The number of anilines is 1. The number of aromatic nitrogens is 1. The van der Waals surface area contributed by atoms with Crippen LogP contribution in [0.25, 0.3) is 0 Å². The van der Waals surface area contributed by atoms with Crippen LogP contribution in [0.2, 0.25) is 0 Å². The van der Waals surface area contributed by atoms with E-state index in [1.54, 1.807) is 11.3 Å². The molecule has 1 saturated carbocycles. The van der Waals surface area contributed by atoms with Crippen LogP contribution in [0.4, 0.5) is 5.13 Å². The van der Waals surface area contributed by atoms with Crippen LogP contribution in [0.3, 0.4) is 0 Å². The first-order chi connectivity index (χ1) is 10.7. The maximum atomic E-state index is 12.4. The molecule has 1 N–H and O–H groups in total. The number of amides is 2. The molecule has 0 radical (unpaired) electrons. The van der Waals surface area contributed by atoms with Gasteiger partial charge in [-0.25, -0.2) is 4.98 Å². The Bertz CT molecular complexity index is 585. The molecule has 2 heterocycles. The zero-order valence-corrected chi connectivity index (χ0v) is 13.5. The highest BCUT2D eigenvalue weighted by Crippen LogP contribution is 2.34. The molecule has 2 amide bonds. The fourth-order valence-electron chi connectivity index (χ4n) is 3.44. The van der Waals surface area contributed by atoms with Gasteiger partial charge < -0.3 is 10.2 Å². The fourth-order valence-corrected chi connectivity index (χ4v) is 4.49. The molecule has 1 aliphatic heterocycles. The van der Waals surface area contributed by atoms with Crippen molar-refractivity contribution in [3.05, 3.63) is 10.6 Å². The van der Waals surface area contributed by atoms with E-state index in [0.29, 0.717) is 24.1 Å². The van der Waals surface area contributed by atoms with Gasteiger partial charge in [0.25, 0.3) is 0 Å². The second-order valence-electron chi connectivity index (χ2n) is 6.62. The lowest BCUT2D eigenvalue weighted by atomic mass is 10.1. The first-order valence-electron chi connectivity index (χ1n) is 8.29. The molecule has 22 heavy (non-hydrogen) atoms. The molecule has 2 fully saturated rings. The lowest BCUT2D eigenvalue weighted by Gasteiger charge is -2.14. The van der Waals surface area contributed by atoms with E-state index >= 15 is 0 Å². The van der Waals surface area contributed by atoms with Crippen molar-refractivity contribution in [1.82, 2.24) is 9.88 Å². The topological polar surface area (TPSA) is 62.3 Å². The minimum absolute atomic E-state index is 0.0413. The first kappa shape index (κ1) is 14.2. The summed E-state index contributed by atoms with van der Waals surface area (Å²) in [7, 11) is 0. The summed E-state index contributed by atoms with van der Waals surface area (Å²) in [5.41, 5.74) is 1.17. The molecular formula is C16H21N3O2S. The van der Waals surface area contributed by atoms with Crippen molar-refractivity contribution in [1.29, 1.82) is 0 Å². The van der Waals surface area contributed by atoms with Crippen molar-refractivity contribution in [2.24, 2.45) is 5.92 Å². The maximum absolute atomic E-state index is 12.4. The monoisotopic (exact) mass is 319 g/mol.